The lowest BCUT2D eigenvalue weighted by atomic mass is 9.96. The molecule has 1 saturated heterocycles. The molecule has 0 spiro atoms. The number of rotatable bonds is 4. The highest BCUT2D eigenvalue weighted by Gasteiger charge is 2.28. The summed E-state index contributed by atoms with van der Waals surface area (Å²) in [6.45, 7) is 7.21. The number of likely N-dealkylation sites (N-methyl/N-ethyl adjacent to an activating group) is 1. The van der Waals surface area contributed by atoms with E-state index in [1.165, 1.54) is 16.8 Å². The van der Waals surface area contributed by atoms with Gasteiger partial charge in [0.2, 0.25) is 0 Å². The molecule has 5 rings (SSSR count). The zero-order chi connectivity index (χ0) is 25.2. The van der Waals surface area contributed by atoms with E-state index in [9.17, 15) is 4.79 Å². The Labute approximate surface area is 217 Å². The molecule has 0 aliphatic carbocycles. The van der Waals surface area contributed by atoms with E-state index in [0.29, 0.717) is 23.9 Å². The third-order valence-corrected chi connectivity index (χ3v) is 7.43. The average Bonchev–Trinajstić information content (AvgIpc) is 2.89. The molecule has 188 valence electrons. The molecular formula is C28H32ClN5O2. The molecule has 3 aromatic rings. The van der Waals surface area contributed by atoms with Crippen LogP contribution in [0, 0.1) is 6.92 Å². The van der Waals surface area contributed by atoms with Crippen LogP contribution in [0.2, 0.25) is 5.02 Å². The molecule has 36 heavy (non-hydrogen) atoms. The minimum Gasteiger partial charge on any atom is -0.496 e. The summed E-state index contributed by atoms with van der Waals surface area (Å²) in [5.41, 5.74) is 6.73. The lowest BCUT2D eigenvalue weighted by Gasteiger charge is -2.38. The lowest BCUT2D eigenvalue weighted by Crippen LogP contribution is -2.46. The van der Waals surface area contributed by atoms with Gasteiger partial charge in [0, 0.05) is 72.9 Å². The van der Waals surface area contributed by atoms with Gasteiger partial charge in [-0.3, -0.25) is 5.32 Å². The fourth-order valence-corrected chi connectivity index (χ4v) is 5.33. The summed E-state index contributed by atoms with van der Waals surface area (Å²) in [5.74, 6) is 1.43. The maximum absolute atomic E-state index is 13.2. The van der Waals surface area contributed by atoms with Crippen LogP contribution >= 0.6 is 11.6 Å². The number of halogens is 1. The van der Waals surface area contributed by atoms with E-state index in [2.05, 4.69) is 39.3 Å². The molecule has 7 nitrogen and oxygen atoms in total. The second-order valence-electron chi connectivity index (χ2n) is 9.53. The van der Waals surface area contributed by atoms with Gasteiger partial charge in [0.15, 0.2) is 0 Å². The van der Waals surface area contributed by atoms with E-state index in [1.54, 1.807) is 13.3 Å². The van der Waals surface area contributed by atoms with Gasteiger partial charge < -0.3 is 19.4 Å². The third-order valence-electron chi connectivity index (χ3n) is 7.19. The van der Waals surface area contributed by atoms with Gasteiger partial charge in [-0.2, -0.15) is 0 Å². The van der Waals surface area contributed by atoms with Gasteiger partial charge >= 0.3 is 6.03 Å². The molecule has 2 amide bonds. The van der Waals surface area contributed by atoms with Crippen molar-refractivity contribution in [2.45, 2.75) is 19.9 Å². The number of aryl methyl sites for hydroxylation is 1. The fraction of sp³-hybridized carbons (Fsp3) is 0.357. The summed E-state index contributed by atoms with van der Waals surface area (Å²) in [6.07, 6.45) is 2.55. The Hall–Kier alpha value is -3.29. The Morgan fingerprint density at radius 3 is 2.53 bits per heavy atom. The number of pyridine rings is 1. The van der Waals surface area contributed by atoms with Gasteiger partial charge in [-0.1, -0.05) is 17.7 Å². The molecular weight excluding hydrogens is 474 g/mol. The smallest absolute Gasteiger partial charge is 0.323 e. The quantitative estimate of drug-likeness (QED) is 0.537. The predicted molar refractivity (Wildman–Crippen MR) is 145 cm³/mol. The number of amides is 2. The molecule has 0 atom stereocenters. The molecule has 0 radical (unpaired) electrons. The Bertz CT molecular complexity index is 1260. The third kappa shape index (κ3) is 4.99. The van der Waals surface area contributed by atoms with Crippen molar-refractivity contribution in [2.24, 2.45) is 0 Å². The highest BCUT2D eigenvalue weighted by atomic mass is 35.5. The first-order valence-electron chi connectivity index (χ1n) is 12.3. The summed E-state index contributed by atoms with van der Waals surface area (Å²) in [5, 5.41) is 3.69. The number of methoxy groups -OCH3 is 1. The fourth-order valence-electron chi connectivity index (χ4n) is 5.10. The number of hydrogen-bond donors (Lipinski definition) is 1. The van der Waals surface area contributed by atoms with Crippen LogP contribution in [0.1, 0.15) is 16.7 Å². The Balaban J connectivity index is 1.32. The molecule has 2 aliphatic rings. The summed E-state index contributed by atoms with van der Waals surface area (Å²) in [7, 11) is 3.87. The molecule has 1 aromatic heterocycles. The maximum atomic E-state index is 13.2. The van der Waals surface area contributed by atoms with Crippen molar-refractivity contribution >= 4 is 29.1 Å². The van der Waals surface area contributed by atoms with Crippen molar-refractivity contribution in [2.75, 3.05) is 57.1 Å². The summed E-state index contributed by atoms with van der Waals surface area (Å²) >= 11 is 6.09. The first-order valence-corrected chi connectivity index (χ1v) is 12.7. The first-order chi connectivity index (χ1) is 17.4. The molecule has 1 fully saturated rings. The van der Waals surface area contributed by atoms with E-state index in [4.69, 9.17) is 16.3 Å². The number of nitrogens with one attached hydrogen (secondary N) is 1. The van der Waals surface area contributed by atoms with Crippen LogP contribution in [0.3, 0.4) is 0 Å². The molecule has 0 unspecified atom stereocenters. The van der Waals surface area contributed by atoms with Crippen molar-refractivity contribution in [3.05, 3.63) is 70.4 Å². The number of nitrogens with zero attached hydrogens (tertiary/aromatic N) is 4. The monoisotopic (exact) mass is 505 g/mol. The van der Waals surface area contributed by atoms with Crippen molar-refractivity contribution in [1.29, 1.82) is 0 Å². The van der Waals surface area contributed by atoms with Crippen LogP contribution in [0.5, 0.6) is 5.75 Å². The van der Waals surface area contributed by atoms with E-state index < -0.39 is 0 Å². The van der Waals surface area contributed by atoms with Crippen LogP contribution in [0.25, 0.3) is 11.1 Å². The number of carbonyl (C=O) groups is 1. The van der Waals surface area contributed by atoms with Gasteiger partial charge in [0.25, 0.3) is 0 Å². The Kier molecular flexibility index (Phi) is 7.03. The Morgan fingerprint density at radius 2 is 1.83 bits per heavy atom. The molecule has 3 heterocycles. The van der Waals surface area contributed by atoms with E-state index >= 15 is 0 Å². The SMILES string of the molecule is COc1ccc(N2CCN(C)CC2)c2c1CCN(C(=O)Nc1ccc(-c3ccc(Cl)cc3C)cn1)C2. The lowest BCUT2D eigenvalue weighted by molar-refractivity contribution is 0.205. The number of benzene rings is 2. The van der Waals surface area contributed by atoms with Gasteiger partial charge in [-0.25, -0.2) is 9.78 Å². The minimum absolute atomic E-state index is 0.143. The molecule has 1 N–H and O–H groups in total. The average molecular weight is 506 g/mol. The van der Waals surface area contributed by atoms with Gasteiger partial charge in [0.1, 0.15) is 11.6 Å². The van der Waals surface area contributed by atoms with Crippen molar-refractivity contribution < 1.29 is 9.53 Å². The molecule has 0 saturated carbocycles. The Morgan fingerprint density at radius 1 is 1.03 bits per heavy atom. The number of urea groups is 1. The number of hydrogen-bond acceptors (Lipinski definition) is 5. The first kappa shape index (κ1) is 24.4. The van der Waals surface area contributed by atoms with Gasteiger partial charge in [-0.15, -0.1) is 0 Å². The summed E-state index contributed by atoms with van der Waals surface area (Å²) in [6, 6.07) is 13.7. The number of carbonyl (C=O) groups excluding carboxylic acids is 1. The van der Waals surface area contributed by atoms with Crippen LogP contribution in [-0.2, 0) is 13.0 Å². The second-order valence-corrected chi connectivity index (χ2v) is 9.96. The zero-order valence-electron chi connectivity index (χ0n) is 21.1. The predicted octanol–water partition coefficient (Wildman–Crippen LogP) is 5.06. The van der Waals surface area contributed by atoms with Crippen LogP contribution in [0.4, 0.5) is 16.3 Å². The number of fused-ring (bicyclic) bond motifs is 1. The van der Waals surface area contributed by atoms with Crippen LogP contribution < -0.4 is 15.0 Å². The largest absolute Gasteiger partial charge is 0.496 e. The van der Waals surface area contributed by atoms with Crippen molar-refractivity contribution in [3.8, 4) is 16.9 Å². The highest BCUT2D eigenvalue weighted by molar-refractivity contribution is 6.30. The van der Waals surface area contributed by atoms with Crippen molar-refractivity contribution in [3.63, 3.8) is 0 Å². The minimum atomic E-state index is -0.143. The van der Waals surface area contributed by atoms with E-state index in [0.717, 1.165) is 55.0 Å². The number of anilines is 2. The number of piperazine rings is 1. The molecule has 2 aliphatic heterocycles. The molecule has 0 bridgehead atoms. The normalized spacial score (nSPS) is 16.0. The molecule has 2 aromatic carbocycles. The van der Waals surface area contributed by atoms with E-state index in [-0.39, 0.29) is 6.03 Å². The number of ether oxygens (including phenoxy) is 1. The van der Waals surface area contributed by atoms with Gasteiger partial charge in [-0.05, 0) is 67.9 Å². The van der Waals surface area contributed by atoms with Crippen molar-refractivity contribution in [1.82, 2.24) is 14.8 Å². The molecule has 8 heteroatoms. The summed E-state index contributed by atoms with van der Waals surface area (Å²) in [4.78, 5) is 24.4. The zero-order valence-corrected chi connectivity index (χ0v) is 21.8. The highest BCUT2D eigenvalue weighted by Crippen LogP contribution is 2.36. The van der Waals surface area contributed by atoms with Crippen LogP contribution in [0.15, 0.2) is 48.7 Å². The van der Waals surface area contributed by atoms with Crippen LogP contribution in [-0.4, -0.2) is 67.7 Å². The van der Waals surface area contributed by atoms with E-state index in [1.807, 2.05) is 42.2 Å². The topological polar surface area (TPSA) is 60.9 Å². The second kappa shape index (κ2) is 10.4. The standard InChI is InChI=1S/C28H32ClN5O2/c1-19-16-21(29)5-6-22(19)20-4-9-27(30-17-20)31-28(35)34-11-10-23-24(18-34)25(7-8-26(23)36-3)33-14-12-32(2)13-15-33/h4-9,16-17H,10-15,18H2,1-3H3,(H,30,31,35). The van der Waals surface area contributed by atoms with Gasteiger partial charge in [0.05, 0.1) is 7.11 Å². The number of aromatic nitrogens is 1. The maximum Gasteiger partial charge on any atom is 0.323 e. The summed E-state index contributed by atoms with van der Waals surface area (Å²) < 4.78 is 5.66.